The van der Waals surface area contributed by atoms with E-state index in [2.05, 4.69) is 4.72 Å². The standard InChI is InChI=1S/C11H15F3N2O3S2/c1-19-10-3-2-9(6-8(10)7-15)21(17,18)16-4-5-20-11(12,13)14/h2-3,6,16H,4-5,7,15H2,1H3. The molecule has 0 unspecified atom stereocenters. The first-order valence-corrected chi connectivity index (χ1v) is 8.24. The van der Waals surface area contributed by atoms with E-state index in [4.69, 9.17) is 10.5 Å². The predicted molar refractivity (Wildman–Crippen MR) is 74.6 cm³/mol. The highest BCUT2D eigenvalue weighted by molar-refractivity contribution is 8.00. The number of sulfonamides is 1. The van der Waals surface area contributed by atoms with Crippen LogP contribution in [0.25, 0.3) is 0 Å². The Bertz CT molecular complexity index is 577. The fourth-order valence-corrected chi connectivity index (χ4v) is 3.15. The largest absolute Gasteiger partial charge is 0.496 e. The lowest BCUT2D eigenvalue weighted by Gasteiger charge is -2.11. The Hall–Kier alpha value is -0.970. The number of halogens is 3. The number of benzene rings is 1. The van der Waals surface area contributed by atoms with E-state index in [0.717, 1.165) is 0 Å². The Morgan fingerprint density at radius 2 is 2.05 bits per heavy atom. The van der Waals surface area contributed by atoms with Crippen LogP contribution in [-0.4, -0.2) is 33.3 Å². The van der Waals surface area contributed by atoms with E-state index in [1.54, 1.807) is 0 Å². The Balaban J connectivity index is 2.74. The normalized spacial score (nSPS) is 12.4. The topological polar surface area (TPSA) is 81.4 Å². The minimum absolute atomic E-state index is 0.0687. The molecule has 1 rings (SSSR count). The Labute approximate surface area is 125 Å². The SMILES string of the molecule is COc1ccc(S(=O)(=O)NCCSC(F)(F)F)cc1CN. The van der Waals surface area contributed by atoms with Gasteiger partial charge in [0.25, 0.3) is 0 Å². The van der Waals surface area contributed by atoms with Crippen molar-refractivity contribution in [1.82, 2.24) is 4.72 Å². The van der Waals surface area contributed by atoms with E-state index < -0.39 is 21.3 Å². The number of thioether (sulfide) groups is 1. The summed E-state index contributed by atoms with van der Waals surface area (Å²) in [6, 6.07) is 4.08. The van der Waals surface area contributed by atoms with Gasteiger partial charge in [-0.25, -0.2) is 13.1 Å². The average Bonchev–Trinajstić information content (AvgIpc) is 2.41. The third-order valence-electron chi connectivity index (χ3n) is 2.44. The molecule has 0 fully saturated rings. The molecule has 0 amide bonds. The fraction of sp³-hybridized carbons (Fsp3) is 0.455. The third-order valence-corrected chi connectivity index (χ3v) is 4.64. The van der Waals surface area contributed by atoms with E-state index in [1.807, 2.05) is 0 Å². The van der Waals surface area contributed by atoms with Crippen LogP contribution in [0.3, 0.4) is 0 Å². The van der Waals surface area contributed by atoms with Gasteiger partial charge in [-0.15, -0.1) is 0 Å². The van der Waals surface area contributed by atoms with Crippen LogP contribution in [0.1, 0.15) is 5.56 Å². The summed E-state index contributed by atoms with van der Waals surface area (Å²) in [6.45, 7) is -0.243. The molecule has 10 heteroatoms. The minimum atomic E-state index is -4.38. The molecule has 0 aliphatic rings. The number of ether oxygens (including phenoxy) is 1. The number of alkyl halides is 3. The van der Waals surface area contributed by atoms with Crippen molar-refractivity contribution in [2.45, 2.75) is 16.9 Å². The predicted octanol–water partition coefficient (Wildman–Crippen LogP) is 1.69. The molecule has 1 aromatic carbocycles. The van der Waals surface area contributed by atoms with Crippen molar-refractivity contribution in [3.8, 4) is 5.75 Å². The van der Waals surface area contributed by atoms with Crippen molar-refractivity contribution in [3.05, 3.63) is 23.8 Å². The molecule has 0 radical (unpaired) electrons. The van der Waals surface area contributed by atoms with E-state index in [-0.39, 0.29) is 29.7 Å². The summed E-state index contributed by atoms with van der Waals surface area (Å²) >= 11 is -0.284. The van der Waals surface area contributed by atoms with Gasteiger partial charge in [0.05, 0.1) is 12.0 Å². The maximum Gasteiger partial charge on any atom is 0.441 e. The number of hydrogen-bond donors (Lipinski definition) is 2. The zero-order valence-electron chi connectivity index (χ0n) is 11.1. The summed E-state index contributed by atoms with van der Waals surface area (Å²) in [7, 11) is -2.45. The zero-order valence-corrected chi connectivity index (χ0v) is 12.7. The van der Waals surface area contributed by atoms with Gasteiger partial charge in [0, 0.05) is 24.4 Å². The molecule has 3 N–H and O–H groups in total. The van der Waals surface area contributed by atoms with Gasteiger partial charge in [0.15, 0.2) is 0 Å². The second-order valence-corrected chi connectivity index (χ2v) is 6.80. The molecule has 0 bridgehead atoms. The molecule has 21 heavy (non-hydrogen) atoms. The quantitative estimate of drug-likeness (QED) is 0.736. The van der Waals surface area contributed by atoms with Crippen LogP contribution < -0.4 is 15.2 Å². The summed E-state index contributed by atoms with van der Waals surface area (Å²) in [4.78, 5) is -0.0687. The first-order chi connectivity index (χ1) is 9.69. The summed E-state index contributed by atoms with van der Waals surface area (Å²) in [5, 5.41) is 0. The highest BCUT2D eigenvalue weighted by atomic mass is 32.2. The Morgan fingerprint density at radius 1 is 1.38 bits per heavy atom. The van der Waals surface area contributed by atoms with Gasteiger partial charge < -0.3 is 10.5 Å². The number of nitrogens with one attached hydrogen (secondary N) is 1. The third kappa shape index (κ3) is 5.73. The van der Waals surface area contributed by atoms with Crippen LogP contribution in [-0.2, 0) is 16.6 Å². The smallest absolute Gasteiger partial charge is 0.441 e. The van der Waals surface area contributed by atoms with Gasteiger partial charge >= 0.3 is 5.51 Å². The molecular weight excluding hydrogens is 329 g/mol. The van der Waals surface area contributed by atoms with Gasteiger partial charge in [-0.1, -0.05) is 0 Å². The van der Waals surface area contributed by atoms with Crippen LogP contribution in [0, 0.1) is 0 Å². The zero-order chi connectivity index (χ0) is 16.1. The molecular formula is C11H15F3N2O3S2. The lowest BCUT2D eigenvalue weighted by molar-refractivity contribution is -0.0327. The second-order valence-electron chi connectivity index (χ2n) is 3.87. The van der Waals surface area contributed by atoms with Crippen molar-refractivity contribution in [1.29, 1.82) is 0 Å². The van der Waals surface area contributed by atoms with Crippen molar-refractivity contribution < 1.29 is 26.3 Å². The molecule has 0 saturated carbocycles. The fourth-order valence-electron chi connectivity index (χ4n) is 1.51. The average molecular weight is 344 g/mol. The molecule has 0 aromatic heterocycles. The molecule has 0 aliphatic heterocycles. The summed E-state index contributed by atoms with van der Waals surface area (Å²) in [6.07, 6.45) is 0. The van der Waals surface area contributed by atoms with E-state index in [1.165, 1.54) is 25.3 Å². The monoisotopic (exact) mass is 344 g/mol. The molecule has 0 heterocycles. The van der Waals surface area contributed by atoms with Crippen molar-refractivity contribution >= 4 is 21.8 Å². The van der Waals surface area contributed by atoms with E-state index >= 15 is 0 Å². The van der Waals surface area contributed by atoms with Crippen LogP contribution in [0.2, 0.25) is 0 Å². The maximum absolute atomic E-state index is 11.9. The summed E-state index contributed by atoms with van der Waals surface area (Å²) in [5.41, 5.74) is 1.60. The van der Waals surface area contributed by atoms with Crippen LogP contribution in [0.5, 0.6) is 5.75 Å². The summed E-state index contributed by atoms with van der Waals surface area (Å²) < 4.78 is 66.8. The van der Waals surface area contributed by atoms with Gasteiger partial charge in [-0.2, -0.15) is 13.2 Å². The van der Waals surface area contributed by atoms with Crippen LogP contribution in [0.4, 0.5) is 13.2 Å². The van der Waals surface area contributed by atoms with Gasteiger partial charge in [-0.05, 0) is 30.0 Å². The molecule has 0 aliphatic carbocycles. The molecule has 0 atom stereocenters. The number of hydrogen-bond acceptors (Lipinski definition) is 5. The van der Waals surface area contributed by atoms with Gasteiger partial charge in [0.2, 0.25) is 10.0 Å². The van der Waals surface area contributed by atoms with Crippen molar-refractivity contribution in [3.63, 3.8) is 0 Å². The highest BCUT2D eigenvalue weighted by Crippen LogP contribution is 2.29. The van der Waals surface area contributed by atoms with Crippen LogP contribution >= 0.6 is 11.8 Å². The second kappa shape index (κ2) is 7.34. The molecule has 5 nitrogen and oxygen atoms in total. The van der Waals surface area contributed by atoms with Gasteiger partial charge in [-0.3, -0.25) is 0 Å². The Morgan fingerprint density at radius 3 is 2.57 bits per heavy atom. The van der Waals surface area contributed by atoms with Crippen molar-refractivity contribution in [2.75, 3.05) is 19.4 Å². The maximum atomic E-state index is 11.9. The number of rotatable bonds is 7. The molecule has 120 valence electrons. The van der Waals surface area contributed by atoms with Gasteiger partial charge in [0.1, 0.15) is 5.75 Å². The lowest BCUT2D eigenvalue weighted by Crippen LogP contribution is -2.27. The van der Waals surface area contributed by atoms with Crippen LogP contribution in [0.15, 0.2) is 23.1 Å². The molecule has 0 saturated heterocycles. The first-order valence-electron chi connectivity index (χ1n) is 5.77. The Kier molecular flexibility index (Phi) is 6.32. The van der Waals surface area contributed by atoms with E-state index in [0.29, 0.717) is 11.3 Å². The molecule has 1 aromatic rings. The minimum Gasteiger partial charge on any atom is -0.496 e. The lowest BCUT2D eigenvalue weighted by atomic mass is 10.2. The number of nitrogens with two attached hydrogens (primary N) is 1. The number of methoxy groups -OCH3 is 1. The van der Waals surface area contributed by atoms with E-state index in [9.17, 15) is 21.6 Å². The summed E-state index contributed by atoms with van der Waals surface area (Å²) in [5.74, 6) is 0.0481. The molecule has 0 spiro atoms. The van der Waals surface area contributed by atoms with Crippen molar-refractivity contribution in [2.24, 2.45) is 5.73 Å². The highest BCUT2D eigenvalue weighted by Gasteiger charge is 2.27. The first kappa shape index (κ1) is 18.1.